The number of nitrogens with one attached hydrogen (secondary N) is 1. The number of ether oxygens (including phenoxy) is 3. The van der Waals surface area contributed by atoms with Crippen LogP contribution in [0.15, 0.2) is 30.7 Å². The summed E-state index contributed by atoms with van der Waals surface area (Å²) in [5, 5.41) is 3.42. The molecule has 0 amide bonds. The van der Waals surface area contributed by atoms with E-state index in [0.717, 1.165) is 72.9 Å². The molecule has 3 aromatic rings. The summed E-state index contributed by atoms with van der Waals surface area (Å²) >= 11 is 0. The topological polar surface area (TPSA) is 94.5 Å². The van der Waals surface area contributed by atoms with Crippen LogP contribution in [-0.2, 0) is 22.7 Å². The second-order valence-corrected chi connectivity index (χ2v) is 8.18. The van der Waals surface area contributed by atoms with Crippen LogP contribution in [0.3, 0.4) is 0 Å². The highest BCUT2D eigenvalue weighted by atomic mass is 16.5. The number of nitrogens with zero attached hydrogens (tertiary/aromatic N) is 5. The van der Waals surface area contributed by atoms with E-state index in [2.05, 4.69) is 42.3 Å². The van der Waals surface area contributed by atoms with Gasteiger partial charge in [0.1, 0.15) is 17.4 Å². The molecule has 1 aliphatic carbocycles. The van der Waals surface area contributed by atoms with Gasteiger partial charge >= 0.3 is 0 Å². The Morgan fingerprint density at radius 3 is 2.77 bits per heavy atom. The van der Waals surface area contributed by atoms with Crippen LogP contribution in [0.1, 0.15) is 24.1 Å². The molecule has 0 unspecified atom stereocenters. The van der Waals surface area contributed by atoms with Gasteiger partial charge in [0.25, 0.3) is 0 Å². The van der Waals surface area contributed by atoms with E-state index < -0.39 is 0 Å². The molecule has 1 aromatic carbocycles. The lowest BCUT2D eigenvalue weighted by Crippen LogP contribution is -2.43. The van der Waals surface area contributed by atoms with Crippen LogP contribution in [0.2, 0.25) is 0 Å². The summed E-state index contributed by atoms with van der Waals surface area (Å²) in [5.41, 5.74) is 4.82. The molecule has 1 saturated carbocycles. The maximum Gasteiger partial charge on any atom is 0.223 e. The van der Waals surface area contributed by atoms with Gasteiger partial charge in [-0.15, -0.1) is 0 Å². The zero-order valence-electron chi connectivity index (χ0n) is 17.2. The molecule has 0 radical (unpaired) electrons. The minimum Gasteiger partial charge on any atom is -0.488 e. The van der Waals surface area contributed by atoms with Gasteiger partial charge in [-0.25, -0.2) is 15.0 Å². The summed E-state index contributed by atoms with van der Waals surface area (Å²) in [5.74, 6) is 1.46. The van der Waals surface area contributed by atoms with Gasteiger partial charge in [-0.1, -0.05) is 0 Å². The second kappa shape index (κ2) is 7.90. The van der Waals surface area contributed by atoms with Gasteiger partial charge < -0.3 is 24.4 Å². The van der Waals surface area contributed by atoms with Gasteiger partial charge in [-0.05, 0) is 6.07 Å². The fraction of sp³-hybridized carbons (Fsp3) is 0.455. The van der Waals surface area contributed by atoms with E-state index in [1.54, 1.807) is 12.4 Å². The number of benzene rings is 1. The Morgan fingerprint density at radius 1 is 1.00 bits per heavy atom. The molecule has 1 saturated heterocycles. The first-order valence-corrected chi connectivity index (χ1v) is 10.7. The van der Waals surface area contributed by atoms with E-state index in [-0.39, 0.29) is 6.10 Å². The average molecular weight is 420 g/mol. The highest BCUT2D eigenvalue weighted by Gasteiger charge is 2.32. The van der Waals surface area contributed by atoms with Crippen LogP contribution in [0.5, 0.6) is 5.75 Å². The molecule has 1 N–H and O–H groups in total. The van der Waals surface area contributed by atoms with Gasteiger partial charge in [0.15, 0.2) is 0 Å². The molecular weight excluding hydrogens is 396 g/mol. The highest BCUT2D eigenvalue weighted by molar-refractivity contribution is 5.85. The van der Waals surface area contributed by atoms with E-state index in [1.807, 2.05) is 6.20 Å². The smallest absolute Gasteiger partial charge is 0.223 e. The van der Waals surface area contributed by atoms with Crippen molar-refractivity contribution in [3.63, 3.8) is 0 Å². The van der Waals surface area contributed by atoms with Crippen molar-refractivity contribution in [1.29, 1.82) is 0 Å². The van der Waals surface area contributed by atoms with E-state index in [9.17, 15) is 0 Å². The Kier molecular flexibility index (Phi) is 4.77. The number of hydrogen-bond acceptors (Lipinski definition) is 9. The second-order valence-electron chi connectivity index (χ2n) is 8.18. The van der Waals surface area contributed by atoms with Gasteiger partial charge in [0.2, 0.25) is 5.95 Å². The largest absolute Gasteiger partial charge is 0.488 e. The lowest BCUT2D eigenvalue weighted by molar-refractivity contribution is 0.109. The number of rotatable bonds is 5. The molecule has 0 bridgehead atoms. The normalized spacial score (nSPS) is 22.8. The number of morpholine rings is 1. The first-order chi connectivity index (χ1) is 15.3. The number of hydrogen-bond donors (Lipinski definition) is 1. The molecule has 9 nitrogen and oxygen atoms in total. The maximum atomic E-state index is 6.38. The van der Waals surface area contributed by atoms with Gasteiger partial charge in [0.05, 0.1) is 37.6 Å². The van der Waals surface area contributed by atoms with Crippen molar-refractivity contribution >= 4 is 22.7 Å². The summed E-state index contributed by atoms with van der Waals surface area (Å²) in [7, 11) is 0. The standard InChI is InChI=1S/C22H24N6O3/c1-2-24-21-18(23-1)9-16(28-3-5-29-6-4-28)10-20(21)31-17-7-15(8-17)26-22-25-11-14-12-30-13-19(14)27-22/h1-2,9-11,15,17H,3-8,12-13H2,(H,25,26,27). The minimum absolute atomic E-state index is 0.125. The quantitative estimate of drug-likeness (QED) is 0.667. The zero-order chi connectivity index (χ0) is 20.6. The predicted molar refractivity (Wildman–Crippen MR) is 114 cm³/mol. The van der Waals surface area contributed by atoms with Crippen molar-refractivity contribution in [1.82, 2.24) is 19.9 Å². The molecule has 0 spiro atoms. The molecule has 2 aromatic heterocycles. The van der Waals surface area contributed by atoms with Crippen molar-refractivity contribution in [3.8, 4) is 5.75 Å². The third-order valence-electron chi connectivity index (χ3n) is 6.07. The SMILES string of the molecule is c1cnc2c(OC3CC(Nc4ncc5c(n4)COC5)C3)cc(N3CCOCC3)cc2n1. The Morgan fingerprint density at radius 2 is 1.87 bits per heavy atom. The monoisotopic (exact) mass is 420 g/mol. The highest BCUT2D eigenvalue weighted by Crippen LogP contribution is 2.34. The summed E-state index contributed by atoms with van der Waals surface area (Å²) in [6.45, 7) is 4.38. The predicted octanol–water partition coefficient (Wildman–Crippen LogP) is 2.31. The lowest BCUT2D eigenvalue weighted by Gasteiger charge is -2.36. The maximum absolute atomic E-state index is 6.38. The van der Waals surface area contributed by atoms with Crippen molar-refractivity contribution in [3.05, 3.63) is 42.0 Å². The average Bonchev–Trinajstić information content (AvgIpc) is 3.26. The van der Waals surface area contributed by atoms with Crippen LogP contribution in [0.4, 0.5) is 11.6 Å². The molecule has 3 aliphatic rings. The Balaban J connectivity index is 1.15. The summed E-state index contributed by atoms with van der Waals surface area (Å²) in [6, 6.07) is 4.47. The summed E-state index contributed by atoms with van der Waals surface area (Å²) in [6.07, 6.45) is 7.19. The molecule has 6 rings (SSSR count). The molecule has 9 heteroatoms. The summed E-state index contributed by atoms with van der Waals surface area (Å²) < 4.78 is 17.3. The van der Waals surface area contributed by atoms with Crippen LogP contribution < -0.4 is 15.0 Å². The first-order valence-electron chi connectivity index (χ1n) is 10.7. The molecule has 4 heterocycles. The fourth-order valence-electron chi connectivity index (χ4n) is 4.28. The molecule has 2 fully saturated rings. The van der Waals surface area contributed by atoms with E-state index >= 15 is 0 Å². The van der Waals surface area contributed by atoms with Gasteiger partial charge in [-0.2, -0.15) is 0 Å². The van der Waals surface area contributed by atoms with Crippen molar-refractivity contribution in [2.45, 2.75) is 38.2 Å². The van der Waals surface area contributed by atoms with Crippen molar-refractivity contribution < 1.29 is 14.2 Å². The first kappa shape index (κ1) is 18.7. The Labute approximate surface area is 179 Å². The zero-order valence-corrected chi connectivity index (χ0v) is 17.2. The Bertz CT molecular complexity index is 1100. The summed E-state index contributed by atoms with van der Waals surface area (Å²) in [4.78, 5) is 20.3. The molecule has 31 heavy (non-hydrogen) atoms. The van der Waals surface area contributed by atoms with Crippen LogP contribution in [-0.4, -0.2) is 58.4 Å². The number of aromatic nitrogens is 4. The van der Waals surface area contributed by atoms with Crippen molar-refractivity contribution in [2.24, 2.45) is 0 Å². The van der Waals surface area contributed by atoms with Crippen LogP contribution in [0, 0.1) is 0 Å². The van der Waals surface area contributed by atoms with E-state index in [4.69, 9.17) is 14.2 Å². The molecule has 160 valence electrons. The fourth-order valence-corrected chi connectivity index (χ4v) is 4.28. The lowest BCUT2D eigenvalue weighted by atomic mass is 9.89. The van der Waals surface area contributed by atoms with Crippen LogP contribution >= 0.6 is 0 Å². The third kappa shape index (κ3) is 3.75. The number of fused-ring (bicyclic) bond motifs is 2. The molecule has 0 atom stereocenters. The van der Waals surface area contributed by atoms with E-state index in [1.165, 1.54) is 0 Å². The number of anilines is 2. The third-order valence-corrected chi connectivity index (χ3v) is 6.07. The van der Waals surface area contributed by atoms with Crippen molar-refractivity contribution in [2.75, 3.05) is 36.5 Å². The van der Waals surface area contributed by atoms with Gasteiger partial charge in [0, 0.05) is 67.9 Å². The molecular formula is C22H24N6O3. The minimum atomic E-state index is 0.125. The van der Waals surface area contributed by atoms with E-state index in [0.29, 0.717) is 25.2 Å². The van der Waals surface area contributed by atoms with Crippen LogP contribution in [0.25, 0.3) is 11.0 Å². The molecule has 2 aliphatic heterocycles. The van der Waals surface area contributed by atoms with Gasteiger partial charge in [-0.3, -0.25) is 4.98 Å². The Hall–Kier alpha value is -3.04.